The summed E-state index contributed by atoms with van der Waals surface area (Å²) in [6, 6.07) is 10.9. The highest BCUT2D eigenvalue weighted by Crippen LogP contribution is 2.31. The largest absolute Gasteiger partial charge is 0.479 e. The second kappa shape index (κ2) is 5.76. The van der Waals surface area contributed by atoms with E-state index >= 15 is 0 Å². The Morgan fingerprint density at radius 3 is 2.48 bits per heavy atom. The molecule has 5 heteroatoms. The predicted molar refractivity (Wildman–Crippen MR) is 86.8 cm³/mol. The van der Waals surface area contributed by atoms with Crippen LogP contribution in [-0.4, -0.2) is 19.2 Å². The van der Waals surface area contributed by atoms with E-state index in [0.717, 1.165) is 10.8 Å². The summed E-state index contributed by atoms with van der Waals surface area (Å²) in [6.07, 6.45) is -0.747. The minimum atomic E-state index is -0.747. The van der Waals surface area contributed by atoms with Gasteiger partial charge in [0.1, 0.15) is 11.3 Å². The zero-order valence-corrected chi connectivity index (χ0v) is 13.1. The molecule has 0 bridgehead atoms. The van der Waals surface area contributed by atoms with Crippen molar-refractivity contribution in [3.8, 4) is 5.75 Å². The summed E-state index contributed by atoms with van der Waals surface area (Å²) in [5.74, 6) is 0.0123. The number of ether oxygens (including phenoxy) is 2. The quantitative estimate of drug-likeness (QED) is 0.422. The summed E-state index contributed by atoms with van der Waals surface area (Å²) >= 11 is 0. The summed E-state index contributed by atoms with van der Waals surface area (Å²) in [5, 5.41) is 2.20. The number of hydrogen-bond acceptors (Lipinski definition) is 5. The summed E-state index contributed by atoms with van der Waals surface area (Å²) in [6.45, 7) is 3.39. The molecule has 2 aromatic carbocycles. The Morgan fingerprint density at radius 1 is 1.09 bits per heavy atom. The van der Waals surface area contributed by atoms with Gasteiger partial charge in [-0.1, -0.05) is 18.2 Å². The molecule has 1 heterocycles. The number of aryl methyl sites for hydroxylation is 1. The molecule has 1 atom stereocenters. The van der Waals surface area contributed by atoms with Crippen LogP contribution in [0.1, 0.15) is 12.5 Å². The number of carbonyl (C=O) groups excluding carboxylic acids is 1. The summed E-state index contributed by atoms with van der Waals surface area (Å²) < 4.78 is 15.7. The summed E-state index contributed by atoms with van der Waals surface area (Å²) in [4.78, 5) is 23.7. The maximum absolute atomic E-state index is 12.2. The van der Waals surface area contributed by atoms with Crippen LogP contribution in [0, 0.1) is 6.92 Å². The van der Waals surface area contributed by atoms with Crippen molar-refractivity contribution in [2.24, 2.45) is 0 Å². The fraction of sp³-hybridized carbons (Fsp3) is 0.222. The summed E-state index contributed by atoms with van der Waals surface area (Å²) in [7, 11) is 1.31. The third-order valence-electron chi connectivity index (χ3n) is 3.82. The van der Waals surface area contributed by atoms with Gasteiger partial charge in [0.25, 0.3) is 0 Å². The van der Waals surface area contributed by atoms with Crippen LogP contribution in [0.4, 0.5) is 0 Å². The number of methoxy groups -OCH3 is 1. The highest BCUT2D eigenvalue weighted by atomic mass is 16.6. The van der Waals surface area contributed by atoms with Crippen LogP contribution in [0.3, 0.4) is 0 Å². The van der Waals surface area contributed by atoms with Gasteiger partial charge in [-0.15, -0.1) is 0 Å². The van der Waals surface area contributed by atoms with Crippen LogP contribution in [-0.2, 0) is 9.53 Å². The van der Waals surface area contributed by atoms with Crippen molar-refractivity contribution in [3.63, 3.8) is 0 Å². The molecular formula is C18H16O5. The van der Waals surface area contributed by atoms with Crippen molar-refractivity contribution in [1.29, 1.82) is 0 Å². The van der Waals surface area contributed by atoms with E-state index in [9.17, 15) is 9.59 Å². The van der Waals surface area contributed by atoms with Gasteiger partial charge in [0.15, 0.2) is 6.10 Å². The smallest absolute Gasteiger partial charge is 0.346 e. The van der Waals surface area contributed by atoms with Crippen molar-refractivity contribution in [1.82, 2.24) is 0 Å². The van der Waals surface area contributed by atoms with Crippen molar-refractivity contribution >= 4 is 27.7 Å². The van der Waals surface area contributed by atoms with Crippen LogP contribution in [0.2, 0.25) is 0 Å². The minimum Gasteiger partial charge on any atom is -0.479 e. The van der Waals surface area contributed by atoms with Crippen LogP contribution in [0.15, 0.2) is 45.6 Å². The maximum atomic E-state index is 12.2. The van der Waals surface area contributed by atoms with E-state index in [4.69, 9.17) is 9.15 Å². The predicted octanol–water partition coefficient (Wildman–Crippen LogP) is 3.19. The first-order chi connectivity index (χ1) is 11.0. The lowest BCUT2D eigenvalue weighted by molar-refractivity contribution is -0.147. The molecule has 3 rings (SSSR count). The van der Waals surface area contributed by atoms with E-state index in [0.29, 0.717) is 22.3 Å². The molecule has 23 heavy (non-hydrogen) atoms. The lowest BCUT2D eigenvalue weighted by Crippen LogP contribution is -2.25. The van der Waals surface area contributed by atoms with E-state index in [1.54, 1.807) is 32.0 Å². The molecular weight excluding hydrogens is 296 g/mol. The molecule has 5 nitrogen and oxygen atoms in total. The molecule has 0 saturated heterocycles. The average Bonchev–Trinajstić information content (AvgIpc) is 2.57. The maximum Gasteiger partial charge on any atom is 0.346 e. The van der Waals surface area contributed by atoms with Crippen LogP contribution < -0.4 is 10.4 Å². The zero-order chi connectivity index (χ0) is 16.6. The molecule has 0 N–H and O–H groups in total. The van der Waals surface area contributed by atoms with Gasteiger partial charge in [0, 0.05) is 10.9 Å². The number of esters is 1. The van der Waals surface area contributed by atoms with Crippen molar-refractivity contribution in [2.45, 2.75) is 20.0 Å². The van der Waals surface area contributed by atoms with Gasteiger partial charge in [-0.05, 0) is 37.4 Å². The van der Waals surface area contributed by atoms with E-state index < -0.39 is 17.7 Å². The Balaban J connectivity index is 2.18. The molecule has 0 spiro atoms. The highest BCUT2D eigenvalue weighted by molar-refractivity contribution is 6.05. The Hall–Kier alpha value is -2.82. The van der Waals surface area contributed by atoms with Crippen LogP contribution in [0.25, 0.3) is 21.7 Å². The van der Waals surface area contributed by atoms with E-state index in [2.05, 4.69) is 4.74 Å². The SMILES string of the molecule is COC(=O)[C@@H](C)Oc1ccc2c(oc(=O)c3ccccc32)c1C. The second-order valence-electron chi connectivity index (χ2n) is 5.28. The number of carbonyl (C=O) groups is 1. The Kier molecular flexibility index (Phi) is 3.78. The van der Waals surface area contributed by atoms with E-state index in [-0.39, 0.29) is 0 Å². The highest BCUT2D eigenvalue weighted by Gasteiger charge is 2.18. The molecule has 1 aromatic heterocycles. The van der Waals surface area contributed by atoms with Crippen LogP contribution in [0.5, 0.6) is 5.75 Å². The molecule has 3 aromatic rings. The summed E-state index contributed by atoms with van der Waals surface area (Å²) in [5.41, 5.74) is 0.735. The zero-order valence-electron chi connectivity index (χ0n) is 13.1. The Labute approximate surface area is 132 Å². The fourth-order valence-corrected chi connectivity index (χ4v) is 2.59. The number of hydrogen-bond donors (Lipinski definition) is 0. The van der Waals surface area contributed by atoms with Gasteiger partial charge in [0.05, 0.1) is 12.5 Å². The molecule has 0 saturated carbocycles. The molecule has 0 fully saturated rings. The molecule has 0 aliphatic heterocycles. The number of rotatable bonds is 3. The molecule has 0 amide bonds. The van der Waals surface area contributed by atoms with Crippen molar-refractivity contribution in [2.75, 3.05) is 7.11 Å². The van der Waals surface area contributed by atoms with Crippen LogP contribution >= 0.6 is 0 Å². The lowest BCUT2D eigenvalue weighted by Gasteiger charge is -2.15. The number of benzene rings is 2. The minimum absolute atomic E-state index is 0.394. The van der Waals surface area contributed by atoms with Gasteiger partial charge < -0.3 is 13.9 Å². The first kappa shape index (κ1) is 15.1. The molecule has 0 aliphatic rings. The molecule has 0 aliphatic carbocycles. The number of fused-ring (bicyclic) bond motifs is 3. The van der Waals surface area contributed by atoms with Gasteiger partial charge in [-0.25, -0.2) is 9.59 Å². The van der Waals surface area contributed by atoms with Gasteiger partial charge in [-0.2, -0.15) is 0 Å². The normalized spacial score (nSPS) is 12.3. The Bertz CT molecular complexity index is 955. The van der Waals surface area contributed by atoms with Gasteiger partial charge in [0.2, 0.25) is 0 Å². The van der Waals surface area contributed by atoms with Crippen molar-refractivity contribution < 1.29 is 18.7 Å². The molecule has 118 valence electrons. The monoisotopic (exact) mass is 312 g/mol. The third-order valence-corrected chi connectivity index (χ3v) is 3.82. The molecule has 0 radical (unpaired) electrons. The van der Waals surface area contributed by atoms with E-state index in [1.807, 2.05) is 18.2 Å². The standard InChI is InChI=1S/C18H16O5/c1-10-15(22-11(2)17(19)21-3)9-8-13-12-6-4-5-7-14(12)18(20)23-16(10)13/h4-9,11H,1-3H3/t11-/m1/s1. The fourth-order valence-electron chi connectivity index (χ4n) is 2.59. The van der Waals surface area contributed by atoms with Crippen molar-refractivity contribution in [3.05, 3.63) is 52.4 Å². The lowest BCUT2D eigenvalue weighted by atomic mass is 10.0. The van der Waals surface area contributed by atoms with E-state index in [1.165, 1.54) is 7.11 Å². The average molecular weight is 312 g/mol. The first-order valence-electron chi connectivity index (χ1n) is 7.22. The van der Waals surface area contributed by atoms with Gasteiger partial charge >= 0.3 is 11.6 Å². The topological polar surface area (TPSA) is 65.7 Å². The van der Waals surface area contributed by atoms with Gasteiger partial charge in [-0.3, -0.25) is 0 Å². The Morgan fingerprint density at radius 2 is 1.78 bits per heavy atom. The second-order valence-corrected chi connectivity index (χ2v) is 5.28. The first-order valence-corrected chi connectivity index (χ1v) is 7.22. The molecule has 0 unspecified atom stereocenters. The third kappa shape index (κ3) is 2.54.